The number of aliphatic carboxylic acids is 1. The highest BCUT2D eigenvalue weighted by molar-refractivity contribution is 6.35. The maximum absolute atomic E-state index is 11.8. The molecule has 0 radical (unpaired) electrons. The van der Waals surface area contributed by atoms with Crippen molar-refractivity contribution in [3.8, 4) is 12.3 Å². The predicted molar refractivity (Wildman–Crippen MR) is 82.6 cm³/mol. The Labute approximate surface area is 132 Å². The van der Waals surface area contributed by atoms with Crippen molar-refractivity contribution in [3.63, 3.8) is 0 Å². The second-order valence-electron chi connectivity index (χ2n) is 4.23. The van der Waals surface area contributed by atoms with Crippen molar-refractivity contribution in [1.82, 2.24) is 4.90 Å². The minimum atomic E-state index is -0.997. The summed E-state index contributed by atoms with van der Waals surface area (Å²) in [5, 5.41) is 12.2. The molecule has 112 valence electrons. The third-order valence-electron chi connectivity index (χ3n) is 2.53. The number of rotatable bonds is 7. The first kappa shape index (κ1) is 17.3. The number of anilines is 1. The summed E-state index contributed by atoms with van der Waals surface area (Å²) in [6.07, 6.45) is 5.25. The van der Waals surface area contributed by atoms with E-state index in [9.17, 15) is 9.59 Å². The van der Waals surface area contributed by atoms with Crippen molar-refractivity contribution in [2.75, 3.05) is 25.0 Å². The first-order chi connectivity index (χ1) is 9.92. The lowest BCUT2D eigenvalue weighted by Gasteiger charge is -2.17. The fourth-order valence-corrected chi connectivity index (χ4v) is 1.94. The van der Waals surface area contributed by atoms with E-state index < -0.39 is 5.97 Å². The SMILES string of the molecule is C#CCN(CCC(=O)Nc1cc(Cl)ccc1Cl)CC(=O)O. The van der Waals surface area contributed by atoms with E-state index in [1.54, 1.807) is 12.1 Å². The number of nitrogens with one attached hydrogen (secondary N) is 1. The van der Waals surface area contributed by atoms with Crippen molar-refractivity contribution in [2.24, 2.45) is 0 Å². The number of hydrogen-bond acceptors (Lipinski definition) is 3. The lowest BCUT2D eigenvalue weighted by atomic mass is 10.3. The molecule has 0 bridgehead atoms. The molecule has 1 aromatic carbocycles. The Kier molecular flexibility index (Phi) is 7.03. The van der Waals surface area contributed by atoms with Crippen LogP contribution in [-0.2, 0) is 9.59 Å². The van der Waals surface area contributed by atoms with Gasteiger partial charge < -0.3 is 10.4 Å². The van der Waals surface area contributed by atoms with Crippen LogP contribution in [0.15, 0.2) is 18.2 Å². The van der Waals surface area contributed by atoms with Gasteiger partial charge in [-0.2, -0.15) is 0 Å². The molecule has 0 saturated heterocycles. The molecule has 0 aromatic heterocycles. The van der Waals surface area contributed by atoms with Crippen LogP contribution in [-0.4, -0.2) is 41.5 Å². The van der Waals surface area contributed by atoms with Crippen LogP contribution in [0.25, 0.3) is 0 Å². The molecule has 1 aromatic rings. The number of carboxylic acid groups (broad SMARTS) is 1. The van der Waals surface area contributed by atoms with Crippen LogP contribution in [0.2, 0.25) is 10.0 Å². The highest BCUT2D eigenvalue weighted by Crippen LogP contribution is 2.25. The molecule has 0 saturated carbocycles. The van der Waals surface area contributed by atoms with E-state index in [1.165, 1.54) is 11.0 Å². The quantitative estimate of drug-likeness (QED) is 0.754. The highest BCUT2D eigenvalue weighted by Gasteiger charge is 2.12. The van der Waals surface area contributed by atoms with E-state index in [-0.39, 0.29) is 32.0 Å². The van der Waals surface area contributed by atoms with Gasteiger partial charge in [0.25, 0.3) is 0 Å². The Morgan fingerprint density at radius 2 is 2.10 bits per heavy atom. The Hall–Kier alpha value is -1.74. The van der Waals surface area contributed by atoms with Gasteiger partial charge in [0.2, 0.25) is 5.91 Å². The first-order valence-electron chi connectivity index (χ1n) is 6.05. The second-order valence-corrected chi connectivity index (χ2v) is 5.07. The number of benzene rings is 1. The Balaban J connectivity index is 2.54. The van der Waals surface area contributed by atoms with Crippen LogP contribution in [0.3, 0.4) is 0 Å². The van der Waals surface area contributed by atoms with Crippen molar-refractivity contribution < 1.29 is 14.7 Å². The average molecular weight is 329 g/mol. The van der Waals surface area contributed by atoms with Gasteiger partial charge in [-0.3, -0.25) is 14.5 Å². The molecule has 0 aliphatic heterocycles. The molecule has 0 spiro atoms. The molecule has 0 fully saturated rings. The molecule has 0 unspecified atom stereocenters. The minimum Gasteiger partial charge on any atom is -0.480 e. The summed E-state index contributed by atoms with van der Waals surface area (Å²) in [6.45, 7) is 0.188. The van der Waals surface area contributed by atoms with Crippen molar-refractivity contribution in [2.45, 2.75) is 6.42 Å². The number of halogens is 2. The number of amides is 1. The van der Waals surface area contributed by atoms with E-state index in [2.05, 4.69) is 11.2 Å². The summed E-state index contributed by atoms with van der Waals surface area (Å²) in [4.78, 5) is 24.0. The molecule has 2 N–H and O–H groups in total. The summed E-state index contributed by atoms with van der Waals surface area (Å²) in [5.74, 6) is 1.06. The molecule has 21 heavy (non-hydrogen) atoms. The molecule has 1 amide bonds. The lowest BCUT2D eigenvalue weighted by Crippen LogP contribution is -2.33. The van der Waals surface area contributed by atoms with E-state index in [0.717, 1.165) is 0 Å². The summed E-state index contributed by atoms with van der Waals surface area (Å²) in [6, 6.07) is 4.73. The van der Waals surface area contributed by atoms with Crippen LogP contribution < -0.4 is 5.32 Å². The van der Waals surface area contributed by atoms with Crippen LogP contribution in [0.4, 0.5) is 5.69 Å². The van der Waals surface area contributed by atoms with Crippen molar-refractivity contribution >= 4 is 40.8 Å². The summed E-state index contributed by atoms with van der Waals surface area (Å²) in [5.41, 5.74) is 0.413. The Morgan fingerprint density at radius 1 is 1.38 bits per heavy atom. The third-order valence-corrected chi connectivity index (χ3v) is 3.10. The van der Waals surface area contributed by atoms with Crippen LogP contribution in [0, 0.1) is 12.3 Å². The molecule has 0 aliphatic rings. The zero-order valence-electron chi connectivity index (χ0n) is 11.1. The van der Waals surface area contributed by atoms with E-state index in [0.29, 0.717) is 15.7 Å². The number of carbonyl (C=O) groups excluding carboxylic acids is 1. The predicted octanol–water partition coefficient (Wildman–Crippen LogP) is 2.34. The first-order valence-corrected chi connectivity index (χ1v) is 6.80. The maximum Gasteiger partial charge on any atom is 0.317 e. The molecule has 1 rings (SSSR count). The van der Waals surface area contributed by atoms with Crippen molar-refractivity contribution in [1.29, 1.82) is 0 Å². The van der Waals surface area contributed by atoms with Gasteiger partial charge in [0.05, 0.1) is 23.8 Å². The molecule has 5 nitrogen and oxygen atoms in total. The smallest absolute Gasteiger partial charge is 0.317 e. The average Bonchev–Trinajstić information content (AvgIpc) is 2.40. The summed E-state index contributed by atoms with van der Waals surface area (Å²) < 4.78 is 0. The monoisotopic (exact) mass is 328 g/mol. The Morgan fingerprint density at radius 3 is 2.71 bits per heavy atom. The largest absolute Gasteiger partial charge is 0.480 e. The number of carboxylic acids is 1. The Bertz CT molecular complexity index is 570. The molecular formula is C14H14Cl2N2O3. The van der Waals surface area contributed by atoms with E-state index in [4.69, 9.17) is 34.7 Å². The second kappa shape index (κ2) is 8.53. The fourth-order valence-electron chi connectivity index (χ4n) is 1.60. The molecule has 0 aliphatic carbocycles. The zero-order chi connectivity index (χ0) is 15.8. The van der Waals surface area contributed by atoms with Crippen LogP contribution >= 0.6 is 23.2 Å². The number of hydrogen-bond donors (Lipinski definition) is 2. The van der Waals surface area contributed by atoms with E-state index >= 15 is 0 Å². The fraction of sp³-hybridized carbons (Fsp3) is 0.286. The molecule has 0 heterocycles. The summed E-state index contributed by atoms with van der Waals surface area (Å²) >= 11 is 11.8. The number of carbonyl (C=O) groups is 2. The molecular weight excluding hydrogens is 315 g/mol. The topological polar surface area (TPSA) is 69.6 Å². The third kappa shape index (κ3) is 6.50. The van der Waals surface area contributed by atoms with Crippen LogP contribution in [0.1, 0.15) is 6.42 Å². The highest BCUT2D eigenvalue weighted by atomic mass is 35.5. The summed E-state index contributed by atoms with van der Waals surface area (Å²) in [7, 11) is 0. The lowest BCUT2D eigenvalue weighted by molar-refractivity contribution is -0.138. The normalized spacial score (nSPS) is 10.2. The maximum atomic E-state index is 11.8. The van der Waals surface area contributed by atoms with Gasteiger partial charge >= 0.3 is 5.97 Å². The van der Waals surface area contributed by atoms with Gasteiger partial charge in [-0.25, -0.2) is 0 Å². The van der Waals surface area contributed by atoms with Gasteiger partial charge in [0.15, 0.2) is 0 Å². The minimum absolute atomic E-state index is 0.0950. The van der Waals surface area contributed by atoms with Gasteiger partial charge in [0.1, 0.15) is 0 Å². The van der Waals surface area contributed by atoms with E-state index in [1.807, 2.05) is 0 Å². The van der Waals surface area contributed by atoms with Gasteiger partial charge in [0, 0.05) is 18.0 Å². The molecule has 0 atom stereocenters. The number of nitrogens with zero attached hydrogens (tertiary/aromatic N) is 1. The standard InChI is InChI=1S/C14H14Cl2N2O3/c1-2-6-18(9-14(20)21)7-5-13(19)17-12-8-10(15)3-4-11(12)16/h1,3-4,8H,5-7,9H2,(H,17,19)(H,20,21). The zero-order valence-corrected chi connectivity index (χ0v) is 12.6. The van der Waals surface area contributed by atoms with Gasteiger partial charge in [-0.05, 0) is 18.2 Å². The van der Waals surface area contributed by atoms with Gasteiger partial charge in [-0.15, -0.1) is 6.42 Å². The van der Waals surface area contributed by atoms with Gasteiger partial charge in [-0.1, -0.05) is 29.1 Å². The number of terminal acetylenes is 1. The van der Waals surface area contributed by atoms with Crippen molar-refractivity contribution in [3.05, 3.63) is 28.2 Å². The van der Waals surface area contributed by atoms with Crippen LogP contribution in [0.5, 0.6) is 0 Å². The molecule has 7 heteroatoms.